The Morgan fingerprint density at radius 3 is 2.88 bits per heavy atom. The molecular weight excluding hydrogens is 219 g/mol. The van der Waals surface area contributed by atoms with E-state index in [1.165, 1.54) is 6.07 Å². The summed E-state index contributed by atoms with van der Waals surface area (Å²) in [4.78, 5) is 2.09. The van der Waals surface area contributed by atoms with Crippen molar-refractivity contribution in [3.05, 3.63) is 30.1 Å². The van der Waals surface area contributed by atoms with Crippen molar-refractivity contribution < 1.29 is 9.13 Å². The number of anilines is 1. The van der Waals surface area contributed by atoms with Gasteiger partial charge in [0.25, 0.3) is 0 Å². The van der Waals surface area contributed by atoms with E-state index in [0.29, 0.717) is 18.8 Å². The molecule has 0 amide bonds. The van der Waals surface area contributed by atoms with E-state index in [4.69, 9.17) is 10.5 Å². The first kappa shape index (κ1) is 12.3. The van der Waals surface area contributed by atoms with E-state index in [1.54, 1.807) is 6.07 Å². The Kier molecular flexibility index (Phi) is 4.34. The molecule has 1 aliphatic heterocycles. The van der Waals surface area contributed by atoms with Crippen molar-refractivity contribution in [3.63, 3.8) is 0 Å². The number of halogens is 1. The van der Waals surface area contributed by atoms with Crippen molar-refractivity contribution in [1.82, 2.24) is 0 Å². The van der Waals surface area contributed by atoms with Crippen LogP contribution < -0.4 is 10.6 Å². The maximum absolute atomic E-state index is 13.8. The fourth-order valence-corrected chi connectivity index (χ4v) is 2.21. The van der Waals surface area contributed by atoms with Crippen molar-refractivity contribution in [2.24, 2.45) is 5.73 Å². The number of hydrogen-bond donors (Lipinski definition) is 1. The van der Waals surface area contributed by atoms with Crippen LogP contribution in [0.2, 0.25) is 0 Å². The lowest BCUT2D eigenvalue weighted by Crippen LogP contribution is -2.37. The van der Waals surface area contributed by atoms with Gasteiger partial charge in [-0.15, -0.1) is 0 Å². The molecule has 1 saturated heterocycles. The van der Waals surface area contributed by atoms with Gasteiger partial charge >= 0.3 is 0 Å². The zero-order valence-corrected chi connectivity index (χ0v) is 9.94. The van der Waals surface area contributed by atoms with Crippen LogP contribution in [0.4, 0.5) is 10.1 Å². The van der Waals surface area contributed by atoms with Gasteiger partial charge in [0.05, 0.1) is 18.3 Å². The molecule has 0 saturated carbocycles. The minimum atomic E-state index is -0.170. The van der Waals surface area contributed by atoms with Gasteiger partial charge in [0, 0.05) is 13.2 Å². The zero-order valence-electron chi connectivity index (χ0n) is 9.94. The Morgan fingerprint density at radius 1 is 1.41 bits per heavy atom. The van der Waals surface area contributed by atoms with E-state index < -0.39 is 0 Å². The predicted molar refractivity (Wildman–Crippen MR) is 66.6 cm³/mol. The third kappa shape index (κ3) is 2.96. The first-order valence-electron chi connectivity index (χ1n) is 6.12. The van der Waals surface area contributed by atoms with E-state index in [1.807, 2.05) is 12.1 Å². The highest BCUT2D eigenvalue weighted by molar-refractivity contribution is 5.48. The maximum atomic E-state index is 13.8. The second-order valence-corrected chi connectivity index (χ2v) is 4.30. The Hall–Kier alpha value is -1.13. The summed E-state index contributed by atoms with van der Waals surface area (Å²) in [7, 11) is 0. The summed E-state index contributed by atoms with van der Waals surface area (Å²) in [6.45, 7) is 2.85. The maximum Gasteiger partial charge on any atom is 0.146 e. The highest BCUT2D eigenvalue weighted by Crippen LogP contribution is 2.24. The second kappa shape index (κ2) is 5.98. The van der Waals surface area contributed by atoms with Crippen molar-refractivity contribution in [2.45, 2.75) is 18.9 Å². The van der Waals surface area contributed by atoms with Gasteiger partial charge < -0.3 is 15.4 Å². The predicted octanol–water partition coefficient (Wildman–Crippen LogP) is 1.77. The van der Waals surface area contributed by atoms with Crippen LogP contribution in [-0.2, 0) is 4.74 Å². The molecule has 2 rings (SSSR count). The Morgan fingerprint density at radius 2 is 2.24 bits per heavy atom. The number of hydrogen-bond acceptors (Lipinski definition) is 3. The molecule has 94 valence electrons. The molecule has 0 spiro atoms. The van der Waals surface area contributed by atoms with Gasteiger partial charge in [-0.25, -0.2) is 4.39 Å². The van der Waals surface area contributed by atoms with Crippen LogP contribution >= 0.6 is 0 Å². The highest BCUT2D eigenvalue weighted by Gasteiger charge is 2.24. The van der Waals surface area contributed by atoms with Gasteiger partial charge in [-0.2, -0.15) is 0 Å². The van der Waals surface area contributed by atoms with Crippen LogP contribution in [0, 0.1) is 5.82 Å². The Bertz CT molecular complexity index is 353. The molecule has 4 heteroatoms. The van der Waals surface area contributed by atoms with E-state index in [2.05, 4.69) is 4.90 Å². The molecule has 17 heavy (non-hydrogen) atoms. The number of rotatable bonds is 5. The number of benzene rings is 1. The second-order valence-electron chi connectivity index (χ2n) is 4.30. The number of nitrogens with zero attached hydrogens (tertiary/aromatic N) is 1. The van der Waals surface area contributed by atoms with Gasteiger partial charge in [0.2, 0.25) is 0 Å². The summed E-state index contributed by atoms with van der Waals surface area (Å²) in [5, 5.41) is 0. The third-order valence-electron chi connectivity index (χ3n) is 3.11. The summed E-state index contributed by atoms with van der Waals surface area (Å²) in [5.41, 5.74) is 6.20. The average molecular weight is 238 g/mol. The topological polar surface area (TPSA) is 38.5 Å². The summed E-state index contributed by atoms with van der Waals surface area (Å²) >= 11 is 0. The Balaban J connectivity index is 2.16. The highest BCUT2D eigenvalue weighted by atomic mass is 19.1. The lowest BCUT2D eigenvalue weighted by molar-refractivity contribution is 0.193. The van der Waals surface area contributed by atoms with Crippen LogP contribution in [0.15, 0.2) is 24.3 Å². The van der Waals surface area contributed by atoms with Gasteiger partial charge in [-0.05, 0) is 31.5 Å². The molecule has 0 bridgehead atoms. The fraction of sp³-hybridized carbons (Fsp3) is 0.538. The molecule has 2 N–H and O–H groups in total. The van der Waals surface area contributed by atoms with Crippen LogP contribution in [0.5, 0.6) is 0 Å². The molecule has 1 aliphatic rings. The normalized spacial score (nSPS) is 19.5. The minimum absolute atomic E-state index is 0.170. The molecule has 0 aliphatic carbocycles. The molecule has 1 fully saturated rings. The van der Waals surface area contributed by atoms with Crippen LogP contribution in [-0.4, -0.2) is 32.3 Å². The van der Waals surface area contributed by atoms with Crippen molar-refractivity contribution in [3.8, 4) is 0 Å². The third-order valence-corrected chi connectivity index (χ3v) is 3.11. The van der Waals surface area contributed by atoms with Crippen molar-refractivity contribution >= 4 is 5.69 Å². The molecule has 1 aromatic rings. The molecule has 1 unspecified atom stereocenters. The molecule has 1 aromatic carbocycles. The van der Waals surface area contributed by atoms with Gasteiger partial charge in [-0.3, -0.25) is 0 Å². The monoisotopic (exact) mass is 238 g/mol. The molecule has 1 heterocycles. The van der Waals surface area contributed by atoms with Crippen LogP contribution in [0.1, 0.15) is 12.8 Å². The van der Waals surface area contributed by atoms with E-state index in [9.17, 15) is 4.39 Å². The van der Waals surface area contributed by atoms with Gasteiger partial charge in [0.1, 0.15) is 5.82 Å². The minimum Gasteiger partial charge on any atom is -0.379 e. The number of para-hydroxylation sites is 1. The van der Waals surface area contributed by atoms with E-state index >= 15 is 0 Å². The van der Waals surface area contributed by atoms with Crippen LogP contribution in [0.3, 0.4) is 0 Å². The van der Waals surface area contributed by atoms with Crippen LogP contribution in [0.25, 0.3) is 0 Å². The average Bonchev–Trinajstić information content (AvgIpc) is 2.85. The van der Waals surface area contributed by atoms with E-state index in [-0.39, 0.29) is 11.9 Å². The molecule has 1 atom stereocenters. The standard InChI is InChI=1S/C13H19FN2O/c14-12-4-1-2-5-13(12)16(8-3-7-15)11-6-9-17-10-11/h1-2,4-5,11H,3,6-10,15H2. The van der Waals surface area contributed by atoms with Gasteiger partial charge in [0.15, 0.2) is 0 Å². The summed E-state index contributed by atoms with van der Waals surface area (Å²) in [6.07, 6.45) is 1.82. The molecule has 0 radical (unpaired) electrons. The Labute approximate surface area is 101 Å². The number of ether oxygens (including phenoxy) is 1. The zero-order chi connectivity index (χ0) is 12.1. The molecule has 0 aromatic heterocycles. The fourth-order valence-electron chi connectivity index (χ4n) is 2.21. The smallest absolute Gasteiger partial charge is 0.146 e. The molecule has 3 nitrogen and oxygen atoms in total. The number of nitrogens with two attached hydrogens (primary N) is 1. The first-order valence-corrected chi connectivity index (χ1v) is 6.12. The summed E-state index contributed by atoms with van der Waals surface area (Å²) in [5.74, 6) is -0.170. The lowest BCUT2D eigenvalue weighted by Gasteiger charge is -2.30. The lowest BCUT2D eigenvalue weighted by atomic mass is 10.1. The first-order chi connectivity index (χ1) is 8.33. The summed E-state index contributed by atoms with van der Waals surface area (Å²) in [6, 6.07) is 7.18. The largest absolute Gasteiger partial charge is 0.379 e. The van der Waals surface area contributed by atoms with Crippen molar-refractivity contribution in [1.29, 1.82) is 0 Å². The molecular formula is C13H19FN2O. The quantitative estimate of drug-likeness (QED) is 0.849. The summed E-state index contributed by atoms with van der Waals surface area (Å²) < 4.78 is 19.2. The SMILES string of the molecule is NCCCN(c1ccccc1F)C1CCOC1. The van der Waals surface area contributed by atoms with Crippen molar-refractivity contribution in [2.75, 3.05) is 31.2 Å². The van der Waals surface area contributed by atoms with E-state index in [0.717, 1.165) is 26.0 Å². The van der Waals surface area contributed by atoms with Gasteiger partial charge in [-0.1, -0.05) is 12.1 Å².